The molecule has 1 aliphatic rings. The second-order valence-corrected chi connectivity index (χ2v) is 11.5. The van der Waals surface area contributed by atoms with E-state index in [1.165, 1.54) is 12.7 Å². The Bertz CT molecular complexity index is 800. The molecule has 0 aliphatic carbocycles. The van der Waals surface area contributed by atoms with Gasteiger partial charge in [-0.3, -0.25) is 4.57 Å². The number of aliphatic hydroxyl groups is 2. The van der Waals surface area contributed by atoms with Gasteiger partial charge in [0.1, 0.15) is 23.5 Å². The van der Waals surface area contributed by atoms with Gasteiger partial charge in [0.25, 0.3) is 0 Å². The third kappa shape index (κ3) is 2.95. The summed E-state index contributed by atoms with van der Waals surface area (Å²) in [4.78, 5) is 12.3. The van der Waals surface area contributed by atoms with E-state index < -0.39 is 30.9 Å². The smallest absolute Gasteiger partial charge is 0.168 e. The van der Waals surface area contributed by atoms with E-state index in [9.17, 15) is 10.2 Å². The Hall–Kier alpha value is -1.47. The molecule has 0 saturated carbocycles. The normalized spacial score (nSPS) is 31.0. The topological polar surface area (TPSA) is 119 Å². The fourth-order valence-corrected chi connectivity index (χ4v) is 3.95. The van der Waals surface area contributed by atoms with Crippen LogP contribution in [0.15, 0.2) is 12.7 Å². The average molecular weight is 353 g/mol. The molecule has 3 rings (SSSR count). The molecule has 1 saturated heterocycles. The van der Waals surface area contributed by atoms with Crippen LogP contribution in [0.25, 0.3) is 11.2 Å². The summed E-state index contributed by atoms with van der Waals surface area (Å²) in [5.41, 5.74) is 5.24. The van der Waals surface area contributed by atoms with Crippen molar-refractivity contribution in [3.05, 3.63) is 12.7 Å². The predicted octanol–water partition coefficient (Wildman–Crippen LogP) is 0.517. The summed E-state index contributed by atoms with van der Waals surface area (Å²) in [5.74, 6) is 0.261. The first-order valence-corrected chi connectivity index (χ1v) is 10.8. The highest BCUT2D eigenvalue weighted by atomic mass is 31.2. The molecular formula is C15H24N5O3P. The van der Waals surface area contributed by atoms with E-state index in [1.807, 2.05) is 0 Å². The van der Waals surface area contributed by atoms with Crippen LogP contribution in [0.1, 0.15) is 19.6 Å². The third-order valence-electron chi connectivity index (χ3n) is 4.41. The molecule has 3 heterocycles. The molecule has 4 atom stereocenters. The number of nitrogens with zero attached hydrogens (tertiary/aromatic N) is 4. The molecule has 1 aliphatic heterocycles. The first-order valence-electron chi connectivity index (χ1n) is 7.77. The Kier molecular flexibility index (Phi) is 4.20. The predicted molar refractivity (Wildman–Crippen MR) is 95.6 cm³/mol. The number of hydrogen-bond donors (Lipinski definition) is 3. The zero-order chi connectivity index (χ0) is 17.7. The Morgan fingerprint density at radius 1 is 1.42 bits per heavy atom. The molecule has 0 amide bonds. The van der Waals surface area contributed by atoms with Crippen molar-refractivity contribution >= 4 is 30.2 Å². The van der Waals surface area contributed by atoms with Crippen LogP contribution in [0.3, 0.4) is 0 Å². The number of nitrogen functional groups attached to an aromatic ring is 1. The van der Waals surface area contributed by atoms with Gasteiger partial charge in [-0.1, -0.05) is 0 Å². The van der Waals surface area contributed by atoms with E-state index >= 15 is 0 Å². The fourth-order valence-electron chi connectivity index (χ4n) is 2.99. The molecule has 0 spiro atoms. The SMILES string of the molecule is C=P(C)(C)CC[C@H]1O[C@@H](n2cnc3c(N)ncnc32)[C@@](C)(O)[C@@H]1O. The number of imidazole rings is 1. The Morgan fingerprint density at radius 2 is 2.12 bits per heavy atom. The highest BCUT2D eigenvalue weighted by molar-refractivity contribution is 7.72. The quantitative estimate of drug-likeness (QED) is 0.685. The Balaban J connectivity index is 1.92. The highest BCUT2D eigenvalue weighted by Crippen LogP contribution is 2.43. The lowest BCUT2D eigenvalue weighted by Gasteiger charge is -2.27. The number of fused-ring (bicyclic) bond motifs is 1. The van der Waals surface area contributed by atoms with Crippen LogP contribution in [-0.2, 0) is 4.74 Å². The molecular weight excluding hydrogens is 329 g/mol. The molecule has 0 bridgehead atoms. The molecule has 2 aromatic rings. The van der Waals surface area contributed by atoms with Crippen LogP contribution in [0, 0.1) is 0 Å². The maximum absolute atomic E-state index is 10.8. The number of anilines is 1. The number of rotatable bonds is 4. The van der Waals surface area contributed by atoms with Crippen LogP contribution in [-0.4, -0.2) is 73.3 Å². The molecule has 8 nitrogen and oxygen atoms in total. The highest BCUT2D eigenvalue weighted by Gasteiger charge is 2.53. The lowest BCUT2D eigenvalue weighted by molar-refractivity contribution is -0.0939. The lowest BCUT2D eigenvalue weighted by Crippen LogP contribution is -2.43. The van der Waals surface area contributed by atoms with Crippen molar-refractivity contribution in [1.82, 2.24) is 19.5 Å². The number of aromatic nitrogens is 4. The summed E-state index contributed by atoms with van der Waals surface area (Å²) in [6.45, 7) is 4.58. The van der Waals surface area contributed by atoms with Gasteiger partial charge in [0.05, 0.1) is 12.4 Å². The van der Waals surface area contributed by atoms with Gasteiger partial charge in [-0.15, -0.1) is 13.2 Å². The molecule has 0 unspecified atom stereocenters. The van der Waals surface area contributed by atoms with Crippen LogP contribution in [0.5, 0.6) is 0 Å². The van der Waals surface area contributed by atoms with Gasteiger partial charge in [-0.2, -0.15) is 0 Å². The molecule has 9 heteroatoms. The minimum atomic E-state index is -1.47. The van der Waals surface area contributed by atoms with E-state index in [0.717, 1.165) is 6.16 Å². The van der Waals surface area contributed by atoms with Gasteiger partial charge >= 0.3 is 0 Å². The minimum absolute atomic E-state index is 0.261. The van der Waals surface area contributed by atoms with Crippen molar-refractivity contribution in [2.75, 3.05) is 25.2 Å². The van der Waals surface area contributed by atoms with Crippen molar-refractivity contribution in [3.8, 4) is 0 Å². The summed E-state index contributed by atoms with van der Waals surface area (Å²) in [5, 5.41) is 21.4. The van der Waals surface area contributed by atoms with Gasteiger partial charge in [0, 0.05) is 0 Å². The summed E-state index contributed by atoms with van der Waals surface area (Å²) < 4.78 is 7.59. The minimum Gasteiger partial charge on any atom is -0.387 e. The summed E-state index contributed by atoms with van der Waals surface area (Å²) in [6, 6.07) is 0. The molecule has 2 aromatic heterocycles. The first-order chi connectivity index (χ1) is 11.1. The van der Waals surface area contributed by atoms with Crippen LogP contribution in [0.2, 0.25) is 0 Å². The van der Waals surface area contributed by atoms with Crippen LogP contribution in [0.4, 0.5) is 5.82 Å². The number of aliphatic hydroxyl groups excluding tert-OH is 1. The van der Waals surface area contributed by atoms with E-state index in [1.54, 1.807) is 11.5 Å². The second-order valence-electron chi connectivity index (χ2n) is 7.23. The van der Waals surface area contributed by atoms with E-state index in [4.69, 9.17) is 10.5 Å². The van der Waals surface area contributed by atoms with E-state index in [2.05, 4.69) is 34.6 Å². The molecule has 132 valence electrons. The Labute approximate surface area is 140 Å². The van der Waals surface area contributed by atoms with Crippen LogP contribution >= 0.6 is 6.89 Å². The van der Waals surface area contributed by atoms with Crippen molar-refractivity contribution in [3.63, 3.8) is 0 Å². The maximum Gasteiger partial charge on any atom is 0.168 e. The summed E-state index contributed by atoms with van der Waals surface area (Å²) in [6.07, 6.45) is 6.25. The number of hydrogen-bond acceptors (Lipinski definition) is 7. The monoisotopic (exact) mass is 353 g/mol. The first kappa shape index (κ1) is 17.4. The standard InChI is InChI=1S/C15H24N5O3P/c1-15(22)11(21)9(5-6-24(2,3)4)23-14(15)20-8-19-10-12(16)17-7-18-13(10)20/h7-9,11,14,21-22H,2,5-6H2,1,3-4H3,(H2,16,17,18)/t9-,11-,14-,15+/m1/s1. The van der Waals surface area contributed by atoms with Crippen LogP contribution < -0.4 is 5.73 Å². The van der Waals surface area contributed by atoms with E-state index in [-0.39, 0.29) is 5.82 Å². The van der Waals surface area contributed by atoms with Gasteiger partial charge in [0.2, 0.25) is 0 Å². The lowest BCUT2D eigenvalue weighted by atomic mass is 9.95. The zero-order valence-electron chi connectivity index (χ0n) is 14.1. The maximum atomic E-state index is 10.8. The van der Waals surface area contributed by atoms with E-state index in [0.29, 0.717) is 17.6 Å². The number of nitrogens with two attached hydrogens (primary N) is 1. The average Bonchev–Trinajstić information content (AvgIpc) is 2.99. The van der Waals surface area contributed by atoms with Gasteiger partial charge in [-0.05, 0) is 32.8 Å². The zero-order valence-corrected chi connectivity index (χ0v) is 15.0. The molecule has 0 radical (unpaired) electrons. The van der Waals surface area contributed by atoms with Crippen molar-refractivity contribution in [2.45, 2.75) is 37.4 Å². The molecule has 4 N–H and O–H groups in total. The van der Waals surface area contributed by atoms with Gasteiger partial charge in [-0.25, -0.2) is 15.0 Å². The van der Waals surface area contributed by atoms with Crippen molar-refractivity contribution in [1.29, 1.82) is 0 Å². The van der Waals surface area contributed by atoms with Gasteiger partial charge < -0.3 is 20.7 Å². The largest absolute Gasteiger partial charge is 0.387 e. The van der Waals surface area contributed by atoms with Crippen molar-refractivity contribution in [2.24, 2.45) is 0 Å². The van der Waals surface area contributed by atoms with Crippen molar-refractivity contribution < 1.29 is 14.9 Å². The molecule has 24 heavy (non-hydrogen) atoms. The summed E-state index contributed by atoms with van der Waals surface area (Å²) in [7, 11) is 0. The molecule has 0 aromatic carbocycles. The third-order valence-corrected chi connectivity index (χ3v) is 5.88. The second kappa shape index (κ2) is 5.81. The fraction of sp³-hybridized carbons (Fsp3) is 0.600. The number of ether oxygens (including phenoxy) is 1. The Morgan fingerprint density at radius 3 is 2.79 bits per heavy atom. The molecule has 1 fully saturated rings. The van der Waals surface area contributed by atoms with Gasteiger partial charge in [0.15, 0.2) is 17.7 Å². The summed E-state index contributed by atoms with van der Waals surface area (Å²) >= 11 is 0.